The Balaban J connectivity index is 1.69. The molecule has 3 nitrogen and oxygen atoms in total. The summed E-state index contributed by atoms with van der Waals surface area (Å²) in [5.41, 5.74) is 3.57. The van der Waals surface area contributed by atoms with Gasteiger partial charge in [-0.25, -0.2) is 5.43 Å². The van der Waals surface area contributed by atoms with E-state index in [-0.39, 0.29) is 5.91 Å². The number of hydrazone groups is 1. The van der Waals surface area contributed by atoms with Crippen LogP contribution in [0.3, 0.4) is 0 Å². The Morgan fingerprint density at radius 2 is 1.17 bits per heavy atom. The van der Waals surface area contributed by atoms with Gasteiger partial charge in [-0.05, 0) is 12.8 Å². The second-order valence-corrected chi connectivity index (χ2v) is 7.09. The van der Waals surface area contributed by atoms with Crippen molar-refractivity contribution in [2.24, 2.45) is 5.10 Å². The molecule has 0 aliphatic carbocycles. The minimum absolute atomic E-state index is 0.0564. The Morgan fingerprint density at radius 3 is 1.57 bits per heavy atom. The maximum Gasteiger partial charge on any atom is 0.245 e. The molecule has 3 heteroatoms. The third-order valence-corrected chi connectivity index (χ3v) is 4.77. The van der Waals surface area contributed by atoms with Crippen LogP contribution in [0, 0.1) is 0 Å². The van der Waals surface area contributed by atoms with Crippen molar-refractivity contribution in [3.63, 3.8) is 0 Å². The van der Waals surface area contributed by atoms with Crippen molar-refractivity contribution in [1.82, 2.24) is 5.43 Å². The average molecular weight is 323 g/mol. The quantitative estimate of drug-likeness (QED) is 0.341. The molecule has 1 amide bonds. The number of hydrogen-bond donors (Lipinski definition) is 1. The predicted octanol–water partition coefficient (Wildman–Crippen LogP) is 6.12. The van der Waals surface area contributed by atoms with Crippen LogP contribution in [0.2, 0.25) is 0 Å². The number of amides is 1. The Morgan fingerprint density at radius 1 is 0.739 bits per heavy atom. The molecule has 1 rings (SSSR count). The van der Waals surface area contributed by atoms with Gasteiger partial charge in [0, 0.05) is 5.71 Å². The van der Waals surface area contributed by atoms with E-state index in [1.54, 1.807) is 0 Å². The Kier molecular flexibility index (Phi) is 12.9. The van der Waals surface area contributed by atoms with Crippen molar-refractivity contribution >= 4 is 11.6 Å². The summed E-state index contributed by atoms with van der Waals surface area (Å²) in [7, 11) is 0. The van der Waals surface area contributed by atoms with Crippen molar-refractivity contribution in [2.45, 2.75) is 116 Å². The van der Waals surface area contributed by atoms with Gasteiger partial charge in [0.15, 0.2) is 0 Å². The fourth-order valence-corrected chi connectivity index (χ4v) is 3.25. The number of hydrogen-bond acceptors (Lipinski definition) is 2. The van der Waals surface area contributed by atoms with Gasteiger partial charge >= 0.3 is 0 Å². The molecule has 1 aliphatic rings. The molecule has 0 saturated carbocycles. The summed E-state index contributed by atoms with van der Waals surface area (Å²) >= 11 is 0. The van der Waals surface area contributed by atoms with E-state index in [1.807, 2.05) is 0 Å². The van der Waals surface area contributed by atoms with Gasteiger partial charge in [0.05, 0.1) is 6.42 Å². The maximum absolute atomic E-state index is 11.0. The second-order valence-electron chi connectivity index (χ2n) is 7.09. The van der Waals surface area contributed by atoms with Crippen LogP contribution in [0.5, 0.6) is 0 Å². The largest absolute Gasteiger partial charge is 0.273 e. The van der Waals surface area contributed by atoms with Gasteiger partial charge in [-0.3, -0.25) is 4.79 Å². The van der Waals surface area contributed by atoms with E-state index in [0.29, 0.717) is 6.42 Å². The first kappa shape index (κ1) is 20.2. The normalized spacial score (nSPS) is 14.1. The number of carbonyl (C=O) groups excluding carboxylic acids is 1. The van der Waals surface area contributed by atoms with E-state index >= 15 is 0 Å². The Bertz CT molecular complexity index is 326. The molecule has 23 heavy (non-hydrogen) atoms. The molecule has 1 heterocycles. The topological polar surface area (TPSA) is 41.5 Å². The van der Waals surface area contributed by atoms with Gasteiger partial charge < -0.3 is 0 Å². The first-order chi connectivity index (χ1) is 11.3. The van der Waals surface area contributed by atoms with E-state index in [0.717, 1.165) is 12.1 Å². The van der Waals surface area contributed by atoms with Gasteiger partial charge in [-0.15, -0.1) is 0 Å². The first-order valence-electron chi connectivity index (χ1n) is 10.2. The van der Waals surface area contributed by atoms with Crippen molar-refractivity contribution < 1.29 is 4.79 Å². The van der Waals surface area contributed by atoms with Crippen LogP contribution < -0.4 is 5.43 Å². The average Bonchev–Trinajstić information content (AvgIpc) is 2.96. The highest BCUT2D eigenvalue weighted by molar-refractivity contribution is 6.04. The smallest absolute Gasteiger partial charge is 0.245 e. The molecule has 0 aromatic heterocycles. The molecule has 0 atom stereocenters. The number of nitrogens with zero attached hydrogens (tertiary/aromatic N) is 1. The SMILES string of the molecule is CCCCCCCCCCCCCCCCCC1=NNC(=O)C1. The zero-order valence-corrected chi connectivity index (χ0v) is 15.4. The third kappa shape index (κ3) is 12.3. The summed E-state index contributed by atoms with van der Waals surface area (Å²) in [6, 6.07) is 0. The molecule has 0 aromatic carbocycles. The highest BCUT2D eigenvalue weighted by atomic mass is 16.2. The highest BCUT2D eigenvalue weighted by Crippen LogP contribution is 2.14. The first-order valence-corrected chi connectivity index (χ1v) is 10.2. The van der Waals surface area contributed by atoms with E-state index < -0.39 is 0 Å². The maximum atomic E-state index is 11.0. The number of rotatable bonds is 16. The van der Waals surface area contributed by atoms with Crippen LogP contribution in [-0.4, -0.2) is 11.6 Å². The van der Waals surface area contributed by atoms with Gasteiger partial charge in [-0.1, -0.05) is 96.8 Å². The third-order valence-electron chi connectivity index (χ3n) is 4.77. The van der Waals surface area contributed by atoms with Crippen LogP contribution in [0.4, 0.5) is 0 Å². The Hall–Kier alpha value is -0.860. The molecule has 0 saturated heterocycles. The van der Waals surface area contributed by atoms with Crippen LogP contribution in [0.25, 0.3) is 0 Å². The molecule has 0 unspecified atom stereocenters. The van der Waals surface area contributed by atoms with E-state index in [2.05, 4.69) is 17.5 Å². The second kappa shape index (κ2) is 14.7. The van der Waals surface area contributed by atoms with Crippen molar-refractivity contribution in [3.05, 3.63) is 0 Å². The molecule has 0 radical (unpaired) electrons. The van der Waals surface area contributed by atoms with Crippen LogP contribution >= 0.6 is 0 Å². The van der Waals surface area contributed by atoms with Crippen LogP contribution in [0.15, 0.2) is 5.10 Å². The monoisotopic (exact) mass is 322 g/mol. The molecular formula is C20H38N2O. The summed E-state index contributed by atoms with van der Waals surface area (Å²) in [6.07, 6.45) is 22.4. The zero-order valence-electron chi connectivity index (χ0n) is 15.4. The minimum atomic E-state index is 0.0564. The lowest BCUT2D eigenvalue weighted by molar-refractivity contribution is -0.119. The fourth-order valence-electron chi connectivity index (χ4n) is 3.25. The van der Waals surface area contributed by atoms with Crippen molar-refractivity contribution in [3.8, 4) is 0 Å². The highest BCUT2D eigenvalue weighted by Gasteiger charge is 2.13. The number of carbonyl (C=O) groups is 1. The van der Waals surface area contributed by atoms with E-state index in [4.69, 9.17) is 0 Å². The predicted molar refractivity (Wildman–Crippen MR) is 99.7 cm³/mol. The summed E-state index contributed by atoms with van der Waals surface area (Å²) < 4.78 is 0. The molecule has 1 N–H and O–H groups in total. The zero-order chi connectivity index (χ0) is 16.6. The standard InChI is InChI=1S/C20H38N2O/c1-2-3-4-5-6-7-8-9-10-11-12-13-14-15-16-17-19-18-20(23)22-21-19/h2-18H2,1H3,(H,22,23). The summed E-state index contributed by atoms with van der Waals surface area (Å²) in [6.45, 7) is 2.28. The van der Waals surface area contributed by atoms with Gasteiger partial charge in [0.2, 0.25) is 5.91 Å². The summed E-state index contributed by atoms with van der Waals surface area (Å²) in [4.78, 5) is 11.0. The summed E-state index contributed by atoms with van der Waals surface area (Å²) in [5.74, 6) is 0.0564. The molecule has 0 fully saturated rings. The van der Waals surface area contributed by atoms with Crippen LogP contribution in [-0.2, 0) is 4.79 Å². The summed E-state index contributed by atoms with van der Waals surface area (Å²) in [5, 5.41) is 4.04. The minimum Gasteiger partial charge on any atom is -0.273 e. The van der Waals surface area contributed by atoms with Gasteiger partial charge in [-0.2, -0.15) is 5.10 Å². The molecule has 0 aromatic rings. The molecule has 0 bridgehead atoms. The van der Waals surface area contributed by atoms with Crippen molar-refractivity contribution in [2.75, 3.05) is 0 Å². The van der Waals surface area contributed by atoms with Gasteiger partial charge in [0.1, 0.15) is 0 Å². The lowest BCUT2D eigenvalue weighted by atomic mass is 10.0. The fraction of sp³-hybridized carbons (Fsp3) is 0.900. The van der Waals surface area contributed by atoms with E-state index in [9.17, 15) is 4.79 Å². The molecule has 134 valence electrons. The lowest BCUT2D eigenvalue weighted by Gasteiger charge is -2.03. The van der Waals surface area contributed by atoms with Crippen LogP contribution in [0.1, 0.15) is 116 Å². The van der Waals surface area contributed by atoms with Gasteiger partial charge in [0.25, 0.3) is 0 Å². The number of unbranched alkanes of at least 4 members (excludes halogenated alkanes) is 14. The molecular weight excluding hydrogens is 284 g/mol. The Labute approximate surface area is 143 Å². The molecule has 0 spiro atoms. The molecule has 1 aliphatic heterocycles. The lowest BCUT2D eigenvalue weighted by Crippen LogP contribution is -2.09. The van der Waals surface area contributed by atoms with E-state index in [1.165, 1.54) is 96.3 Å². The van der Waals surface area contributed by atoms with Crippen molar-refractivity contribution in [1.29, 1.82) is 0 Å². The number of nitrogens with one attached hydrogen (secondary N) is 1.